The van der Waals surface area contributed by atoms with Crippen molar-refractivity contribution in [2.75, 3.05) is 13.1 Å². The molecule has 60 valence electrons. The Hall–Kier alpha value is -0.900. The number of aryl methyl sites for hydroxylation is 1. The molecular formula is C7H12N4. The monoisotopic (exact) mass is 152 g/mol. The molecule has 1 aliphatic rings. The fraction of sp³-hybridized carbons (Fsp3) is 0.714. The van der Waals surface area contributed by atoms with Gasteiger partial charge in [-0.3, -0.25) is 0 Å². The van der Waals surface area contributed by atoms with Crippen LogP contribution in [0.1, 0.15) is 18.3 Å². The molecule has 1 aromatic heterocycles. The number of rotatable bonds is 1. The summed E-state index contributed by atoms with van der Waals surface area (Å²) < 4.78 is 2.14. The first-order valence-electron chi connectivity index (χ1n) is 3.95. The van der Waals surface area contributed by atoms with Crippen molar-refractivity contribution in [2.24, 2.45) is 0 Å². The molecule has 0 bridgehead atoms. The highest BCUT2D eigenvalue weighted by Crippen LogP contribution is 2.14. The summed E-state index contributed by atoms with van der Waals surface area (Å²) in [5, 5.41) is 11.1. The number of nitrogens with one attached hydrogen (secondary N) is 1. The Morgan fingerprint density at radius 2 is 2.64 bits per heavy atom. The van der Waals surface area contributed by atoms with Gasteiger partial charge in [0, 0.05) is 12.6 Å². The fourth-order valence-electron chi connectivity index (χ4n) is 1.54. The van der Waals surface area contributed by atoms with Crippen LogP contribution in [0.25, 0.3) is 0 Å². The molecular weight excluding hydrogens is 140 g/mol. The molecule has 1 fully saturated rings. The van der Waals surface area contributed by atoms with E-state index in [2.05, 4.69) is 20.1 Å². The highest BCUT2D eigenvalue weighted by atomic mass is 15.3. The molecule has 1 unspecified atom stereocenters. The van der Waals surface area contributed by atoms with Gasteiger partial charge < -0.3 is 9.88 Å². The summed E-state index contributed by atoms with van der Waals surface area (Å²) in [6.45, 7) is 4.16. The van der Waals surface area contributed by atoms with Gasteiger partial charge in [-0.15, -0.1) is 10.2 Å². The van der Waals surface area contributed by atoms with Gasteiger partial charge in [-0.1, -0.05) is 0 Å². The normalized spacial score (nSPS) is 24.3. The highest BCUT2D eigenvalue weighted by Gasteiger charge is 2.17. The van der Waals surface area contributed by atoms with Crippen LogP contribution in [0.4, 0.5) is 0 Å². The van der Waals surface area contributed by atoms with Crippen LogP contribution >= 0.6 is 0 Å². The van der Waals surface area contributed by atoms with E-state index >= 15 is 0 Å². The first-order valence-corrected chi connectivity index (χ1v) is 3.95. The van der Waals surface area contributed by atoms with Crippen LogP contribution in [0.2, 0.25) is 0 Å². The molecule has 0 amide bonds. The number of hydrogen-bond donors (Lipinski definition) is 1. The first-order chi connectivity index (χ1) is 5.38. The van der Waals surface area contributed by atoms with E-state index in [1.165, 1.54) is 6.42 Å². The van der Waals surface area contributed by atoms with Gasteiger partial charge in [0.15, 0.2) is 0 Å². The molecule has 0 spiro atoms. The van der Waals surface area contributed by atoms with Crippen LogP contribution in [0.15, 0.2) is 6.33 Å². The van der Waals surface area contributed by atoms with E-state index in [1.807, 2.05) is 13.3 Å². The number of aromatic nitrogens is 3. The van der Waals surface area contributed by atoms with E-state index < -0.39 is 0 Å². The molecule has 4 heteroatoms. The molecule has 0 saturated carbocycles. The van der Waals surface area contributed by atoms with Gasteiger partial charge >= 0.3 is 0 Å². The Morgan fingerprint density at radius 3 is 3.18 bits per heavy atom. The zero-order valence-electron chi connectivity index (χ0n) is 6.62. The Morgan fingerprint density at radius 1 is 1.73 bits per heavy atom. The minimum absolute atomic E-state index is 0.574. The van der Waals surface area contributed by atoms with Crippen molar-refractivity contribution in [3.8, 4) is 0 Å². The maximum atomic E-state index is 3.95. The maximum Gasteiger partial charge on any atom is 0.129 e. The Balaban J connectivity index is 2.21. The minimum Gasteiger partial charge on any atom is -0.315 e. The standard InChI is InChI=1S/C7H12N4/c1-6-10-9-5-11(6)7-2-3-8-4-7/h5,7-8H,2-4H2,1H3. The van der Waals surface area contributed by atoms with Gasteiger partial charge in [-0.05, 0) is 19.9 Å². The van der Waals surface area contributed by atoms with E-state index in [0.717, 1.165) is 18.9 Å². The topological polar surface area (TPSA) is 42.7 Å². The lowest BCUT2D eigenvalue weighted by molar-refractivity contribution is 0.532. The summed E-state index contributed by atoms with van der Waals surface area (Å²) >= 11 is 0. The van der Waals surface area contributed by atoms with E-state index in [4.69, 9.17) is 0 Å². The fourth-order valence-corrected chi connectivity index (χ4v) is 1.54. The van der Waals surface area contributed by atoms with Crippen LogP contribution in [-0.4, -0.2) is 27.9 Å². The predicted molar refractivity (Wildman–Crippen MR) is 41.3 cm³/mol. The smallest absolute Gasteiger partial charge is 0.129 e. The number of hydrogen-bond acceptors (Lipinski definition) is 3. The van der Waals surface area contributed by atoms with Gasteiger partial charge in [0.25, 0.3) is 0 Å². The van der Waals surface area contributed by atoms with Crippen LogP contribution in [0, 0.1) is 6.92 Å². The molecule has 1 N–H and O–H groups in total. The third kappa shape index (κ3) is 1.14. The molecule has 1 saturated heterocycles. The van der Waals surface area contributed by atoms with Crippen molar-refractivity contribution in [3.63, 3.8) is 0 Å². The number of nitrogens with zero attached hydrogens (tertiary/aromatic N) is 3. The lowest BCUT2D eigenvalue weighted by Crippen LogP contribution is -2.13. The summed E-state index contributed by atoms with van der Waals surface area (Å²) in [7, 11) is 0. The van der Waals surface area contributed by atoms with Crippen LogP contribution in [-0.2, 0) is 0 Å². The van der Waals surface area contributed by atoms with Gasteiger partial charge in [0.2, 0.25) is 0 Å². The lowest BCUT2D eigenvalue weighted by atomic mass is 10.2. The van der Waals surface area contributed by atoms with Crippen LogP contribution in [0.5, 0.6) is 0 Å². The van der Waals surface area contributed by atoms with Crippen molar-refractivity contribution < 1.29 is 0 Å². The van der Waals surface area contributed by atoms with Crippen LogP contribution in [0.3, 0.4) is 0 Å². The molecule has 11 heavy (non-hydrogen) atoms. The average molecular weight is 152 g/mol. The van der Waals surface area contributed by atoms with Gasteiger partial charge in [0.1, 0.15) is 12.2 Å². The zero-order valence-corrected chi connectivity index (χ0v) is 6.62. The Bertz CT molecular complexity index is 236. The lowest BCUT2D eigenvalue weighted by Gasteiger charge is -2.09. The summed E-state index contributed by atoms with van der Waals surface area (Å²) in [6.07, 6.45) is 3.01. The summed E-state index contributed by atoms with van der Waals surface area (Å²) in [4.78, 5) is 0. The zero-order chi connectivity index (χ0) is 7.68. The van der Waals surface area contributed by atoms with Crippen molar-refractivity contribution in [1.82, 2.24) is 20.1 Å². The molecule has 1 aromatic rings. The maximum absolute atomic E-state index is 3.95. The molecule has 0 aliphatic carbocycles. The van der Waals surface area contributed by atoms with E-state index in [-0.39, 0.29) is 0 Å². The van der Waals surface area contributed by atoms with Crippen molar-refractivity contribution in [3.05, 3.63) is 12.2 Å². The summed E-state index contributed by atoms with van der Waals surface area (Å²) in [6, 6.07) is 0.574. The van der Waals surface area contributed by atoms with Gasteiger partial charge in [-0.2, -0.15) is 0 Å². The third-order valence-corrected chi connectivity index (χ3v) is 2.18. The van der Waals surface area contributed by atoms with Crippen molar-refractivity contribution in [2.45, 2.75) is 19.4 Å². The summed E-state index contributed by atoms with van der Waals surface area (Å²) in [5.74, 6) is 1.01. The molecule has 1 atom stereocenters. The first kappa shape index (κ1) is 6.79. The molecule has 0 aromatic carbocycles. The predicted octanol–water partition coefficient (Wildman–Crippen LogP) is 0.121. The quantitative estimate of drug-likeness (QED) is 0.621. The second-order valence-corrected chi connectivity index (χ2v) is 2.93. The SMILES string of the molecule is Cc1nncn1C1CCNC1. The van der Waals surface area contributed by atoms with E-state index in [0.29, 0.717) is 6.04 Å². The van der Waals surface area contributed by atoms with Gasteiger partial charge in [-0.25, -0.2) is 0 Å². The molecule has 4 nitrogen and oxygen atoms in total. The second-order valence-electron chi connectivity index (χ2n) is 2.93. The molecule has 1 aliphatic heterocycles. The Labute approximate surface area is 65.6 Å². The van der Waals surface area contributed by atoms with Crippen molar-refractivity contribution in [1.29, 1.82) is 0 Å². The second kappa shape index (κ2) is 2.62. The Kier molecular flexibility index (Phi) is 1.62. The van der Waals surface area contributed by atoms with Crippen LogP contribution < -0.4 is 5.32 Å². The van der Waals surface area contributed by atoms with Crippen molar-refractivity contribution >= 4 is 0 Å². The third-order valence-electron chi connectivity index (χ3n) is 2.18. The average Bonchev–Trinajstić information content (AvgIpc) is 2.55. The molecule has 0 radical (unpaired) electrons. The minimum atomic E-state index is 0.574. The molecule has 2 rings (SSSR count). The largest absolute Gasteiger partial charge is 0.315 e. The molecule has 2 heterocycles. The van der Waals surface area contributed by atoms with E-state index in [1.54, 1.807) is 0 Å². The summed E-state index contributed by atoms with van der Waals surface area (Å²) in [5.41, 5.74) is 0. The van der Waals surface area contributed by atoms with E-state index in [9.17, 15) is 0 Å². The van der Waals surface area contributed by atoms with Gasteiger partial charge in [0.05, 0.1) is 0 Å². The highest BCUT2D eigenvalue weighted by molar-refractivity contribution is 4.88.